The molecule has 66 valence electrons. The molecule has 0 aromatic carbocycles. The van der Waals surface area contributed by atoms with Gasteiger partial charge in [-0.25, -0.2) is 4.79 Å². The average molecular weight is 177 g/mol. The van der Waals surface area contributed by atoms with Crippen LogP contribution in [-0.4, -0.2) is 12.6 Å². The van der Waals surface area contributed by atoms with Crippen molar-refractivity contribution in [2.75, 3.05) is 6.54 Å². The summed E-state index contributed by atoms with van der Waals surface area (Å²) in [5, 5.41) is 2.55. The largest absolute Gasteiger partial charge is 0.419 e. The molecule has 0 heterocycles. The van der Waals surface area contributed by atoms with Gasteiger partial charge in [0.15, 0.2) is 0 Å². The minimum absolute atomic E-state index is 0.468. The molecule has 0 unspecified atom stereocenters. The summed E-state index contributed by atoms with van der Waals surface area (Å²) in [6, 6.07) is 0. The summed E-state index contributed by atoms with van der Waals surface area (Å²) in [4.78, 5) is 10.4. The number of hydrogen-bond acceptors (Lipinski definition) is 3. The van der Waals surface area contributed by atoms with Crippen molar-refractivity contribution in [3.05, 3.63) is 0 Å². The Balaban J connectivity index is 2.95. The number of carbonyl (C=O) groups excluding carboxylic acids is 1. The molecule has 0 aromatic rings. The molecule has 3 nitrogen and oxygen atoms in total. The molecule has 0 rings (SSSR count). The number of nitrogens with one attached hydrogen (secondary N) is 1. The summed E-state index contributed by atoms with van der Waals surface area (Å²) < 4.78 is 4.10. The van der Waals surface area contributed by atoms with E-state index in [4.69, 9.17) is 0 Å². The third-order valence-corrected chi connectivity index (χ3v) is 1.55. The van der Waals surface area contributed by atoms with Crippen LogP contribution in [-0.2, 0) is 4.18 Å². The lowest BCUT2D eigenvalue weighted by Crippen LogP contribution is -2.22. The second-order valence-corrected chi connectivity index (χ2v) is 2.55. The monoisotopic (exact) mass is 177 g/mol. The van der Waals surface area contributed by atoms with Crippen LogP contribution in [0.3, 0.4) is 0 Å². The molecule has 0 fully saturated rings. The number of amides is 1. The number of hydrogen-bond donors (Lipinski definition) is 2. The van der Waals surface area contributed by atoms with Crippen molar-refractivity contribution in [2.45, 2.75) is 32.6 Å². The zero-order valence-electron chi connectivity index (χ0n) is 6.80. The number of rotatable bonds is 5. The van der Waals surface area contributed by atoms with Gasteiger partial charge < -0.3 is 9.50 Å². The van der Waals surface area contributed by atoms with Gasteiger partial charge >= 0.3 is 6.09 Å². The van der Waals surface area contributed by atoms with Crippen LogP contribution in [0.5, 0.6) is 0 Å². The minimum Gasteiger partial charge on any atom is -0.378 e. The van der Waals surface area contributed by atoms with E-state index in [1.165, 1.54) is 12.8 Å². The van der Waals surface area contributed by atoms with Crippen molar-refractivity contribution < 1.29 is 8.98 Å². The van der Waals surface area contributed by atoms with Crippen LogP contribution in [0.2, 0.25) is 0 Å². The van der Waals surface area contributed by atoms with Crippen molar-refractivity contribution >= 4 is 19.0 Å². The van der Waals surface area contributed by atoms with Crippen LogP contribution >= 0.6 is 12.9 Å². The van der Waals surface area contributed by atoms with Crippen LogP contribution in [0.4, 0.5) is 4.79 Å². The number of thiol groups is 1. The summed E-state index contributed by atoms with van der Waals surface area (Å²) in [5.41, 5.74) is 0. The molecular weight excluding hydrogens is 162 g/mol. The molecule has 1 N–H and O–H groups in total. The molecule has 1 amide bonds. The summed E-state index contributed by atoms with van der Waals surface area (Å²) in [6.45, 7) is 2.83. The molecule has 0 saturated heterocycles. The maximum atomic E-state index is 10.4. The van der Waals surface area contributed by atoms with E-state index in [1.807, 2.05) is 0 Å². The lowest BCUT2D eigenvalue weighted by atomic mass is 10.2. The van der Waals surface area contributed by atoms with Gasteiger partial charge in [0.2, 0.25) is 0 Å². The Morgan fingerprint density at radius 1 is 1.45 bits per heavy atom. The zero-order chi connectivity index (χ0) is 8.53. The van der Waals surface area contributed by atoms with Gasteiger partial charge in [-0.1, -0.05) is 26.2 Å². The molecule has 0 spiro atoms. The SMILES string of the molecule is CCCCCCNC(=O)OS. The topological polar surface area (TPSA) is 38.3 Å². The van der Waals surface area contributed by atoms with Gasteiger partial charge in [0.25, 0.3) is 0 Å². The van der Waals surface area contributed by atoms with Crippen molar-refractivity contribution in [1.82, 2.24) is 5.32 Å². The average Bonchev–Trinajstić information content (AvgIpc) is 2.04. The molecule has 0 aliphatic rings. The standard InChI is InChI=1S/C7H15NO2S/c1-2-3-4-5-6-8-7(9)10-11/h11H,2-6H2,1H3,(H,8,9). The quantitative estimate of drug-likeness (QED) is 0.383. The maximum Gasteiger partial charge on any atom is 0.419 e. The van der Waals surface area contributed by atoms with Gasteiger partial charge in [-0.05, 0) is 6.42 Å². The number of unbranched alkanes of at least 4 members (excludes halogenated alkanes) is 3. The molecular formula is C7H15NO2S. The molecule has 0 atom stereocenters. The fourth-order valence-corrected chi connectivity index (χ4v) is 0.839. The lowest BCUT2D eigenvalue weighted by molar-refractivity contribution is 0.209. The lowest BCUT2D eigenvalue weighted by Gasteiger charge is -2.00. The van der Waals surface area contributed by atoms with Crippen molar-refractivity contribution in [1.29, 1.82) is 0 Å². The summed E-state index contributed by atoms with van der Waals surface area (Å²) in [7, 11) is 0. The Labute approximate surface area is 73.1 Å². The first-order valence-corrected chi connectivity index (χ1v) is 4.27. The first-order chi connectivity index (χ1) is 5.31. The highest BCUT2D eigenvalue weighted by molar-refractivity contribution is 7.75. The fourth-order valence-electron chi connectivity index (χ4n) is 0.775. The molecule has 0 saturated carbocycles. The normalized spacial score (nSPS) is 9.27. The van der Waals surface area contributed by atoms with E-state index in [9.17, 15) is 4.79 Å². The Bertz CT molecular complexity index is 109. The van der Waals surface area contributed by atoms with Crippen molar-refractivity contribution in [3.8, 4) is 0 Å². The molecule has 4 heteroatoms. The van der Waals surface area contributed by atoms with Crippen molar-refractivity contribution in [2.24, 2.45) is 0 Å². The highest BCUT2D eigenvalue weighted by Crippen LogP contribution is 1.97. The van der Waals surface area contributed by atoms with Crippen LogP contribution in [0.15, 0.2) is 0 Å². The third kappa shape index (κ3) is 7.52. The molecule has 11 heavy (non-hydrogen) atoms. The molecule has 0 aromatic heterocycles. The van der Waals surface area contributed by atoms with Gasteiger partial charge in [0, 0.05) is 19.5 Å². The van der Waals surface area contributed by atoms with Gasteiger partial charge in [0.05, 0.1) is 0 Å². The summed E-state index contributed by atoms with van der Waals surface area (Å²) in [5.74, 6) is 0. The molecule has 0 aliphatic carbocycles. The fraction of sp³-hybridized carbons (Fsp3) is 0.857. The Kier molecular flexibility index (Phi) is 7.46. The van der Waals surface area contributed by atoms with Crippen LogP contribution < -0.4 is 5.32 Å². The highest BCUT2D eigenvalue weighted by atomic mass is 32.1. The summed E-state index contributed by atoms with van der Waals surface area (Å²) in [6.07, 6.45) is 4.12. The van der Waals surface area contributed by atoms with E-state index in [1.54, 1.807) is 0 Å². The van der Waals surface area contributed by atoms with E-state index in [0.29, 0.717) is 6.54 Å². The minimum atomic E-state index is -0.468. The van der Waals surface area contributed by atoms with E-state index in [0.717, 1.165) is 12.8 Å². The summed E-state index contributed by atoms with van der Waals surface area (Å²) >= 11 is 3.35. The van der Waals surface area contributed by atoms with Crippen LogP contribution in [0, 0.1) is 0 Å². The van der Waals surface area contributed by atoms with Gasteiger partial charge in [-0.15, -0.1) is 0 Å². The second kappa shape index (κ2) is 7.72. The predicted molar refractivity (Wildman–Crippen MR) is 47.6 cm³/mol. The highest BCUT2D eigenvalue weighted by Gasteiger charge is 1.95. The van der Waals surface area contributed by atoms with Crippen LogP contribution in [0.25, 0.3) is 0 Å². The van der Waals surface area contributed by atoms with Gasteiger partial charge in [-0.2, -0.15) is 0 Å². The van der Waals surface area contributed by atoms with E-state index >= 15 is 0 Å². The molecule has 0 radical (unpaired) electrons. The van der Waals surface area contributed by atoms with E-state index in [2.05, 4.69) is 29.3 Å². The maximum absolute atomic E-state index is 10.4. The first kappa shape index (κ1) is 10.6. The van der Waals surface area contributed by atoms with E-state index in [-0.39, 0.29) is 0 Å². The third-order valence-electron chi connectivity index (χ3n) is 1.38. The number of carbonyl (C=O) groups is 1. The van der Waals surface area contributed by atoms with Gasteiger partial charge in [0.1, 0.15) is 0 Å². The Morgan fingerprint density at radius 2 is 2.18 bits per heavy atom. The zero-order valence-corrected chi connectivity index (χ0v) is 7.69. The Morgan fingerprint density at radius 3 is 2.73 bits per heavy atom. The second-order valence-electron chi connectivity index (χ2n) is 2.37. The predicted octanol–water partition coefficient (Wildman–Crippen LogP) is 2.14. The smallest absolute Gasteiger partial charge is 0.378 e. The molecule has 0 aliphatic heterocycles. The molecule has 0 bridgehead atoms. The van der Waals surface area contributed by atoms with Crippen molar-refractivity contribution in [3.63, 3.8) is 0 Å². The first-order valence-electron chi connectivity index (χ1n) is 3.90. The van der Waals surface area contributed by atoms with Crippen LogP contribution in [0.1, 0.15) is 32.6 Å². The Hall–Kier alpha value is -0.380. The van der Waals surface area contributed by atoms with Gasteiger partial charge in [-0.3, -0.25) is 0 Å². The van der Waals surface area contributed by atoms with E-state index < -0.39 is 6.09 Å².